The lowest BCUT2D eigenvalue weighted by molar-refractivity contribution is -0.137. The third-order valence-corrected chi connectivity index (χ3v) is 3.12. The van der Waals surface area contributed by atoms with Crippen LogP contribution in [-0.2, 0) is 4.79 Å². The number of rotatable bonds is 5. The summed E-state index contributed by atoms with van der Waals surface area (Å²) in [5.74, 6) is 0.295. The van der Waals surface area contributed by atoms with Gasteiger partial charge in [-0.25, -0.2) is 0 Å². The standard InChI is InChI=1S/C12H24N2O/c1-4-9-14(10-5-2)11(15)12(3)7-6-8-13-12/h13H,4-10H2,1-3H3. The molecule has 88 valence electrons. The van der Waals surface area contributed by atoms with Crippen molar-refractivity contribution in [2.24, 2.45) is 0 Å². The molecule has 3 nitrogen and oxygen atoms in total. The minimum absolute atomic E-state index is 0.287. The van der Waals surface area contributed by atoms with E-state index in [1.54, 1.807) is 0 Å². The van der Waals surface area contributed by atoms with E-state index in [9.17, 15) is 4.79 Å². The van der Waals surface area contributed by atoms with Crippen LogP contribution >= 0.6 is 0 Å². The minimum atomic E-state index is -0.287. The number of carbonyl (C=O) groups excluding carboxylic acids is 1. The summed E-state index contributed by atoms with van der Waals surface area (Å²) < 4.78 is 0. The molecular weight excluding hydrogens is 188 g/mol. The Balaban J connectivity index is 2.61. The Bertz CT molecular complexity index is 204. The number of hydrogen-bond donors (Lipinski definition) is 1. The van der Waals surface area contributed by atoms with Gasteiger partial charge in [-0.05, 0) is 39.2 Å². The van der Waals surface area contributed by atoms with E-state index in [1.165, 1.54) is 0 Å². The first-order valence-electron chi connectivity index (χ1n) is 6.18. The molecular formula is C12H24N2O. The third-order valence-electron chi connectivity index (χ3n) is 3.12. The summed E-state index contributed by atoms with van der Waals surface area (Å²) >= 11 is 0. The first-order valence-corrected chi connectivity index (χ1v) is 6.18. The fourth-order valence-electron chi connectivity index (χ4n) is 2.28. The summed E-state index contributed by atoms with van der Waals surface area (Å²) in [6, 6.07) is 0. The number of nitrogens with zero attached hydrogens (tertiary/aromatic N) is 1. The molecule has 1 aliphatic heterocycles. The second kappa shape index (κ2) is 5.50. The monoisotopic (exact) mass is 212 g/mol. The van der Waals surface area contributed by atoms with Gasteiger partial charge < -0.3 is 10.2 Å². The molecule has 0 spiro atoms. The average Bonchev–Trinajstić information content (AvgIpc) is 2.65. The lowest BCUT2D eigenvalue weighted by Crippen LogP contribution is -2.53. The molecule has 0 aromatic carbocycles. The maximum absolute atomic E-state index is 12.3. The summed E-state index contributed by atoms with van der Waals surface area (Å²) in [7, 11) is 0. The second-order valence-electron chi connectivity index (χ2n) is 4.65. The highest BCUT2D eigenvalue weighted by atomic mass is 16.2. The number of hydrogen-bond acceptors (Lipinski definition) is 2. The Morgan fingerprint density at radius 1 is 1.33 bits per heavy atom. The van der Waals surface area contributed by atoms with Crippen LogP contribution in [0.3, 0.4) is 0 Å². The highest BCUT2D eigenvalue weighted by Gasteiger charge is 2.38. The maximum atomic E-state index is 12.3. The van der Waals surface area contributed by atoms with Gasteiger partial charge in [-0.2, -0.15) is 0 Å². The maximum Gasteiger partial charge on any atom is 0.242 e. The van der Waals surface area contributed by atoms with E-state index in [0.717, 1.165) is 45.3 Å². The lowest BCUT2D eigenvalue weighted by Gasteiger charge is -2.31. The number of carbonyl (C=O) groups is 1. The normalized spacial score (nSPS) is 25.5. The topological polar surface area (TPSA) is 32.3 Å². The van der Waals surface area contributed by atoms with Gasteiger partial charge in [0.05, 0.1) is 5.54 Å². The van der Waals surface area contributed by atoms with E-state index in [-0.39, 0.29) is 5.54 Å². The van der Waals surface area contributed by atoms with Crippen molar-refractivity contribution in [2.75, 3.05) is 19.6 Å². The highest BCUT2D eigenvalue weighted by Crippen LogP contribution is 2.21. The molecule has 1 N–H and O–H groups in total. The van der Waals surface area contributed by atoms with Gasteiger partial charge in [0.1, 0.15) is 0 Å². The molecule has 1 atom stereocenters. The average molecular weight is 212 g/mol. The van der Waals surface area contributed by atoms with Gasteiger partial charge in [0.15, 0.2) is 0 Å². The van der Waals surface area contributed by atoms with Crippen molar-refractivity contribution >= 4 is 5.91 Å². The fraction of sp³-hybridized carbons (Fsp3) is 0.917. The van der Waals surface area contributed by atoms with E-state index < -0.39 is 0 Å². The van der Waals surface area contributed by atoms with Crippen molar-refractivity contribution in [2.45, 2.75) is 52.0 Å². The Kier molecular flexibility index (Phi) is 4.58. The van der Waals surface area contributed by atoms with Crippen LogP contribution < -0.4 is 5.32 Å². The van der Waals surface area contributed by atoms with Crippen LogP contribution in [0.25, 0.3) is 0 Å². The van der Waals surface area contributed by atoms with E-state index in [2.05, 4.69) is 19.2 Å². The first-order chi connectivity index (χ1) is 7.14. The highest BCUT2D eigenvalue weighted by molar-refractivity contribution is 5.86. The second-order valence-corrected chi connectivity index (χ2v) is 4.65. The molecule has 0 saturated carbocycles. The zero-order chi connectivity index (χ0) is 11.3. The molecule has 1 unspecified atom stereocenters. The van der Waals surface area contributed by atoms with Crippen LogP contribution in [0.5, 0.6) is 0 Å². The molecule has 1 aliphatic rings. The predicted molar refractivity (Wildman–Crippen MR) is 62.8 cm³/mol. The molecule has 0 aliphatic carbocycles. The summed E-state index contributed by atoms with van der Waals surface area (Å²) in [6.45, 7) is 9.06. The smallest absolute Gasteiger partial charge is 0.242 e. The molecule has 15 heavy (non-hydrogen) atoms. The summed E-state index contributed by atoms with van der Waals surface area (Å²) in [6.07, 6.45) is 4.19. The summed E-state index contributed by atoms with van der Waals surface area (Å²) in [4.78, 5) is 14.3. The Hall–Kier alpha value is -0.570. The Morgan fingerprint density at radius 3 is 2.33 bits per heavy atom. The number of amides is 1. The van der Waals surface area contributed by atoms with Crippen molar-refractivity contribution < 1.29 is 4.79 Å². The Morgan fingerprint density at radius 2 is 1.93 bits per heavy atom. The zero-order valence-electron chi connectivity index (χ0n) is 10.3. The van der Waals surface area contributed by atoms with E-state index >= 15 is 0 Å². The van der Waals surface area contributed by atoms with Crippen molar-refractivity contribution in [3.8, 4) is 0 Å². The summed E-state index contributed by atoms with van der Waals surface area (Å²) in [5.41, 5.74) is -0.287. The Labute approximate surface area is 93.2 Å². The molecule has 3 heteroatoms. The third kappa shape index (κ3) is 2.94. The predicted octanol–water partition coefficient (Wildman–Crippen LogP) is 1.78. The minimum Gasteiger partial charge on any atom is -0.341 e. The summed E-state index contributed by atoms with van der Waals surface area (Å²) in [5, 5.41) is 3.34. The van der Waals surface area contributed by atoms with Gasteiger partial charge >= 0.3 is 0 Å². The van der Waals surface area contributed by atoms with Gasteiger partial charge in [-0.1, -0.05) is 13.8 Å². The lowest BCUT2D eigenvalue weighted by atomic mass is 9.98. The SMILES string of the molecule is CCCN(CCC)C(=O)C1(C)CCCN1. The molecule has 0 radical (unpaired) electrons. The molecule has 1 rings (SSSR count). The van der Waals surface area contributed by atoms with Crippen LogP contribution in [0.15, 0.2) is 0 Å². The molecule has 1 fully saturated rings. The van der Waals surface area contributed by atoms with Crippen LogP contribution in [-0.4, -0.2) is 36.0 Å². The van der Waals surface area contributed by atoms with Gasteiger partial charge in [0, 0.05) is 13.1 Å². The van der Waals surface area contributed by atoms with Gasteiger partial charge in [-0.3, -0.25) is 4.79 Å². The zero-order valence-corrected chi connectivity index (χ0v) is 10.3. The fourth-order valence-corrected chi connectivity index (χ4v) is 2.28. The molecule has 0 aromatic rings. The van der Waals surface area contributed by atoms with Crippen LogP contribution in [0, 0.1) is 0 Å². The van der Waals surface area contributed by atoms with Crippen LogP contribution in [0.1, 0.15) is 46.5 Å². The van der Waals surface area contributed by atoms with Gasteiger partial charge in [0.2, 0.25) is 5.91 Å². The molecule has 1 heterocycles. The molecule has 1 amide bonds. The van der Waals surface area contributed by atoms with Crippen LogP contribution in [0.4, 0.5) is 0 Å². The first kappa shape index (κ1) is 12.5. The number of nitrogens with one attached hydrogen (secondary N) is 1. The van der Waals surface area contributed by atoms with Crippen molar-refractivity contribution in [1.29, 1.82) is 0 Å². The van der Waals surface area contributed by atoms with E-state index in [4.69, 9.17) is 0 Å². The molecule has 1 saturated heterocycles. The van der Waals surface area contributed by atoms with E-state index in [0.29, 0.717) is 5.91 Å². The largest absolute Gasteiger partial charge is 0.341 e. The van der Waals surface area contributed by atoms with E-state index in [1.807, 2.05) is 11.8 Å². The molecule has 0 aromatic heterocycles. The van der Waals surface area contributed by atoms with Crippen molar-refractivity contribution in [3.63, 3.8) is 0 Å². The van der Waals surface area contributed by atoms with Gasteiger partial charge in [-0.15, -0.1) is 0 Å². The quantitative estimate of drug-likeness (QED) is 0.753. The van der Waals surface area contributed by atoms with Crippen LogP contribution in [0.2, 0.25) is 0 Å². The van der Waals surface area contributed by atoms with Crippen molar-refractivity contribution in [3.05, 3.63) is 0 Å². The molecule has 0 bridgehead atoms. The van der Waals surface area contributed by atoms with Crippen molar-refractivity contribution in [1.82, 2.24) is 10.2 Å². The van der Waals surface area contributed by atoms with Gasteiger partial charge in [0.25, 0.3) is 0 Å².